The van der Waals surface area contributed by atoms with E-state index in [1.165, 1.54) is 0 Å². The molecule has 3 aromatic rings. The van der Waals surface area contributed by atoms with E-state index in [4.69, 9.17) is 27.9 Å². The number of aromatic nitrogens is 4. The lowest BCUT2D eigenvalue weighted by molar-refractivity contribution is -0.0806. The Morgan fingerprint density at radius 3 is 2.66 bits per heavy atom. The zero-order valence-electron chi connectivity index (χ0n) is 17.3. The molecular formula is C22H23Cl2FN6O. The Morgan fingerprint density at radius 1 is 1.09 bits per heavy atom. The zero-order valence-corrected chi connectivity index (χ0v) is 18.9. The largest absolute Gasteiger partial charge is 0.378 e. The van der Waals surface area contributed by atoms with Crippen LogP contribution in [0.3, 0.4) is 0 Å². The van der Waals surface area contributed by atoms with Gasteiger partial charge in [0.1, 0.15) is 6.17 Å². The number of ether oxygens (including phenoxy) is 1. The Kier molecular flexibility index (Phi) is 5.21. The number of piperidine rings is 1. The number of fused-ring (bicyclic) bond motifs is 1. The van der Waals surface area contributed by atoms with Gasteiger partial charge in [-0.3, -0.25) is 4.90 Å². The predicted octanol–water partition coefficient (Wildman–Crippen LogP) is 4.74. The van der Waals surface area contributed by atoms with Crippen LogP contribution >= 0.6 is 23.2 Å². The SMILES string of the molecule is F[C@H]1CN(C2COC2)CC[C@@H]1c1cc2nc(Nc3cnn(C4CC4)c3Cl)ncc2cc1Cl. The van der Waals surface area contributed by atoms with Crippen LogP contribution in [0.2, 0.25) is 10.2 Å². The van der Waals surface area contributed by atoms with Crippen molar-refractivity contribution in [2.45, 2.75) is 43.4 Å². The summed E-state index contributed by atoms with van der Waals surface area (Å²) >= 11 is 13.0. The maximum atomic E-state index is 15.2. The molecule has 3 fully saturated rings. The number of hydrogen-bond acceptors (Lipinski definition) is 6. The van der Waals surface area contributed by atoms with Crippen molar-refractivity contribution in [1.82, 2.24) is 24.6 Å². The maximum absolute atomic E-state index is 15.2. The smallest absolute Gasteiger partial charge is 0.227 e. The summed E-state index contributed by atoms with van der Waals surface area (Å²) in [6.07, 6.45) is 5.34. The Hall–Kier alpha value is -2.00. The van der Waals surface area contributed by atoms with Crippen LogP contribution in [-0.4, -0.2) is 63.2 Å². The number of benzene rings is 1. The second-order valence-corrected chi connectivity index (χ2v) is 9.64. The quantitative estimate of drug-likeness (QED) is 0.573. The first-order chi connectivity index (χ1) is 15.6. The van der Waals surface area contributed by atoms with E-state index in [-0.39, 0.29) is 5.92 Å². The van der Waals surface area contributed by atoms with E-state index in [0.717, 1.165) is 42.3 Å². The van der Waals surface area contributed by atoms with Crippen molar-refractivity contribution < 1.29 is 9.13 Å². The second kappa shape index (κ2) is 8.09. The average Bonchev–Trinajstić information content (AvgIpc) is 3.51. The molecule has 0 unspecified atom stereocenters. The fourth-order valence-electron chi connectivity index (χ4n) is 4.58. The van der Waals surface area contributed by atoms with Crippen molar-refractivity contribution in [3.8, 4) is 0 Å². The van der Waals surface area contributed by atoms with Crippen LogP contribution in [0.4, 0.5) is 16.0 Å². The topological polar surface area (TPSA) is 68.1 Å². The summed E-state index contributed by atoms with van der Waals surface area (Å²) in [6.45, 7) is 2.65. The van der Waals surface area contributed by atoms with Crippen molar-refractivity contribution in [1.29, 1.82) is 0 Å². The van der Waals surface area contributed by atoms with Gasteiger partial charge in [-0.25, -0.2) is 19.0 Å². The van der Waals surface area contributed by atoms with E-state index < -0.39 is 6.17 Å². The van der Waals surface area contributed by atoms with Crippen LogP contribution in [0, 0.1) is 0 Å². The third-order valence-corrected chi connectivity index (χ3v) is 7.39. The Morgan fingerprint density at radius 2 is 1.94 bits per heavy atom. The Labute approximate surface area is 194 Å². The number of nitrogens with zero attached hydrogens (tertiary/aromatic N) is 5. The van der Waals surface area contributed by atoms with Gasteiger partial charge in [-0.2, -0.15) is 5.10 Å². The third-order valence-electron chi connectivity index (χ3n) is 6.68. The van der Waals surface area contributed by atoms with Gasteiger partial charge in [0.15, 0.2) is 5.15 Å². The van der Waals surface area contributed by atoms with Gasteiger partial charge in [0.25, 0.3) is 0 Å². The molecule has 1 saturated carbocycles. The van der Waals surface area contributed by atoms with Crippen LogP contribution in [0.5, 0.6) is 0 Å². The average molecular weight is 477 g/mol. The summed E-state index contributed by atoms with van der Waals surface area (Å²) in [7, 11) is 0. The fourth-order valence-corrected chi connectivity index (χ4v) is 5.17. The van der Waals surface area contributed by atoms with Gasteiger partial charge in [-0.1, -0.05) is 23.2 Å². The van der Waals surface area contributed by atoms with Gasteiger partial charge in [0, 0.05) is 29.1 Å². The van der Waals surface area contributed by atoms with Crippen molar-refractivity contribution >= 4 is 45.7 Å². The van der Waals surface area contributed by atoms with E-state index in [1.54, 1.807) is 12.4 Å². The third kappa shape index (κ3) is 3.73. The molecule has 1 N–H and O–H groups in total. The predicted molar refractivity (Wildman–Crippen MR) is 122 cm³/mol. The highest BCUT2D eigenvalue weighted by Gasteiger charge is 2.36. The van der Waals surface area contributed by atoms with Crippen LogP contribution in [0.15, 0.2) is 24.5 Å². The molecule has 168 valence electrons. The molecule has 7 nitrogen and oxygen atoms in total. The van der Waals surface area contributed by atoms with Gasteiger partial charge in [0.2, 0.25) is 5.95 Å². The van der Waals surface area contributed by atoms with Crippen molar-refractivity contribution in [3.63, 3.8) is 0 Å². The lowest BCUT2D eigenvalue weighted by atomic mass is 9.86. The number of alkyl halides is 1. The molecule has 2 aliphatic heterocycles. The summed E-state index contributed by atoms with van der Waals surface area (Å²) < 4.78 is 22.2. The summed E-state index contributed by atoms with van der Waals surface area (Å²) in [5.41, 5.74) is 2.19. The van der Waals surface area contributed by atoms with Gasteiger partial charge in [-0.05, 0) is 43.5 Å². The van der Waals surface area contributed by atoms with Crippen molar-refractivity contribution in [2.24, 2.45) is 0 Å². The summed E-state index contributed by atoms with van der Waals surface area (Å²) in [5.74, 6) is 0.168. The molecule has 32 heavy (non-hydrogen) atoms. The first-order valence-electron chi connectivity index (χ1n) is 11.0. The Balaban J connectivity index is 1.25. The van der Waals surface area contributed by atoms with Crippen LogP contribution in [-0.2, 0) is 4.74 Å². The molecule has 1 aromatic carbocycles. The number of anilines is 2. The first-order valence-corrected chi connectivity index (χ1v) is 11.7. The lowest BCUT2D eigenvalue weighted by Gasteiger charge is -2.43. The lowest BCUT2D eigenvalue weighted by Crippen LogP contribution is -2.54. The normalized spacial score (nSPS) is 24.6. The van der Waals surface area contributed by atoms with E-state index in [9.17, 15) is 0 Å². The van der Waals surface area contributed by atoms with Crippen LogP contribution in [0.1, 0.15) is 36.8 Å². The summed E-state index contributed by atoms with van der Waals surface area (Å²) in [5, 5.41) is 9.43. The molecule has 6 rings (SSSR count). The molecule has 0 amide bonds. The van der Waals surface area contributed by atoms with E-state index in [0.29, 0.717) is 53.7 Å². The highest BCUT2D eigenvalue weighted by molar-refractivity contribution is 6.32. The summed E-state index contributed by atoms with van der Waals surface area (Å²) in [6, 6.07) is 4.46. The molecule has 0 radical (unpaired) electrons. The Bertz CT molecular complexity index is 1160. The molecule has 1 aliphatic carbocycles. The molecule has 3 aliphatic rings. The second-order valence-electron chi connectivity index (χ2n) is 8.87. The maximum Gasteiger partial charge on any atom is 0.227 e. The molecule has 0 bridgehead atoms. The molecule has 0 spiro atoms. The van der Waals surface area contributed by atoms with E-state index in [1.807, 2.05) is 16.8 Å². The molecular weight excluding hydrogens is 454 g/mol. The van der Waals surface area contributed by atoms with Gasteiger partial charge < -0.3 is 10.1 Å². The number of halogens is 3. The number of hydrogen-bond donors (Lipinski definition) is 1. The molecule has 2 aromatic heterocycles. The van der Waals surface area contributed by atoms with E-state index in [2.05, 4.69) is 25.3 Å². The van der Waals surface area contributed by atoms with Gasteiger partial charge in [-0.15, -0.1) is 0 Å². The number of likely N-dealkylation sites (tertiary alicyclic amines) is 1. The fraction of sp³-hybridized carbons (Fsp3) is 0.500. The summed E-state index contributed by atoms with van der Waals surface area (Å²) in [4.78, 5) is 11.2. The number of rotatable bonds is 5. The minimum Gasteiger partial charge on any atom is -0.378 e. The molecule has 4 heterocycles. The zero-order chi connectivity index (χ0) is 21.8. The van der Waals surface area contributed by atoms with E-state index >= 15 is 4.39 Å². The highest BCUT2D eigenvalue weighted by atomic mass is 35.5. The van der Waals surface area contributed by atoms with Gasteiger partial charge >= 0.3 is 0 Å². The van der Waals surface area contributed by atoms with Crippen molar-refractivity contribution in [2.75, 3.05) is 31.6 Å². The van der Waals surface area contributed by atoms with Crippen LogP contribution in [0.25, 0.3) is 10.9 Å². The molecule has 2 atom stereocenters. The molecule has 10 heteroatoms. The number of nitrogens with one attached hydrogen (secondary N) is 1. The highest BCUT2D eigenvalue weighted by Crippen LogP contribution is 2.40. The monoisotopic (exact) mass is 476 g/mol. The first kappa shape index (κ1) is 20.6. The minimum atomic E-state index is -0.981. The van der Waals surface area contributed by atoms with Crippen molar-refractivity contribution in [3.05, 3.63) is 40.3 Å². The van der Waals surface area contributed by atoms with Gasteiger partial charge in [0.05, 0.1) is 42.7 Å². The minimum absolute atomic E-state index is 0.248. The van der Waals surface area contributed by atoms with Crippen LogP contribution < -0.4 is 5.32 Å². The molecule has 2 saturated heterocycles. The standard InChI is InChI=1S/C22H23Cl2FN6O/c23-17-5-12-7-26-22(29-20-8-27-31(21(20)24)13-1-2-13)28-19(12)6-16(17)15-3-4-30(9-18(15)25)14-10-32-11-14/h5-8,13-15,18H,1-4,9-11H2,(H,26,28,29)/t15-,18+/m1/s1.